The summed E-state index contributed by atoms with van der Waals surface area (Å²) >= 11 is 0. The molecule has 0 bridgehead atoms. The van der Waals surface area contributed by atoms with E-state index < -0.39 is 17.7 Å². The van der Waals surface area contributed by atoms with Crippen molar-refractivity contribution in [2.75, 3.05) is 6.61 Å². The van der Waals surface area contributed by atoms with E-state index in [1.54, 1.807) is 24.3 Å². The zero-order chi connectivity index (χ0) is 16.3. The van der Waals surface area contributed by atoms with Crippen LogP contribution in [0.25, 0.3) is 6.08 Å². The minimum Gasteiger partial charge on any atom is -0.481 e. The van der Waals surface area contributed by atoms with Gasteiger partial charge in [0, 0.05) is 12.8 Å². The van der Waals surface area contributed by atoms with Crippen LogP contribution >= 0.6 is 0 Å². The first-order valence-corrected chi connectivity index (χ1v) is 7.47. The van der Waals surface area contributed by atoms with Crippen molar-refractivity contribution in [3.63, 3.8) is 0 Å². The van der Waals surface area contributed by atoms with E-state index in [0.717, 1.165) is 12.8 Å². The molecule has 1 heterocycles. The van der Waals surface area contributed by atoms with E-state index >= 15 is 0 Å². The van der Waals surface area contributed by atoms with Gasteiger partial charge in [-0.2, -0.15) is 0 Å². The van der Waals surface area contributed by atoms with Crippen molar-refractivity contribution in [1.82, 2.24) is 0 Å². The van der Waals surface area contributed by atoms with Gasteiger partial charge in [-0.3, -0.25) is 0 Å². The van der Waals surface area contributed by atoms with Crippen LogP contribution in [-0.2, 0) is 19.1 Å². The summed E-state index contributed by atoms with van der Waals surface area (Å²) in [4.78, 5) is 24.3. The van der Waals surface area contributed by atoms with Crippen molar-refractivity contribution in [3.05, 3.63) is 35.4 Å². The van der Waals surface area contributed by atoms with Gasteiger partial charge < -0.3 is 14.2 Å². The molecule has 5 heteroatoms. The third-order valence-electron chi connectivity index (χ3n) is 3.88. The smallest absolute Gasteiger partial charge is 0.348 e. The van der Waals surface area contributed by atoms with E-state index in [0.29, 0.717) is 24.2 Å². The molecule has 1 aliphatic carbocycles. The molecule has 2 aliphatic rings. The van der Waals surface area contributed by atoms with Crippen LogP contribution in [-0.4, -0.2) is 24.3 Å². The highest BCUT2D eigenvalue weighted by Gasteiger charge is 2.47. The fourth-order valence-corrected chi connectivity index (χ4v) is 2.74. The summed E-state index contributed by atoms with van der Waals surface area (Å²) in [7, 11) is 0. The first-order valence-electron chi connectivity index (χ1n) is 7.47. The number of hydrogen-bond donors (Lipinski definition) is 0. The zero-order valence-corrected chi connectivity index (χ0v) is 12.5. The average Bonchev–Trinajstić information content (AvgIpc) is 2.98. The number of esters is 2. The number of carbonyl (C=O) groups is 2. The summed E-state index contributed by atoms with van der Waals surface area (Å²) in [5.74, 6) is 0.689. The molecule has 23 heavy (non-hydrogen) atoms. The topological polar surface area (TPSA) is 61.8 Å². The Morgan fingerprint density at radius 3 is 2.30 bits per heavy atom. The second-order valence-electron chi connectivity index (χ2n) is 5.52. The monoisotopic (exact) mass is 312 g/mol. The van der Waals surface area contributed by atoms with Gasteiger partial charge in [-0.05, 0) is 36.6 Å². The van der Waals surface area contributed by atoms with Crippen molar-refractivity contribution in [2.24, 2.45) is 0 Å². The molecule has 0 radical (unpaired) electrons. The van der Waals surface area contributed by atoms with E-state index in [1.165, 1.54) is 6.08 Å². The summed E-state index contributed by atoms with van der Waals surface area (Å²) in [6.45, 7) is 0.182. The van der Waals surface area contributed by atoms with Crippen LogP contribution in [0.15, 0.2) is 29.8 Å². The summed E-state index contributed by atoms with van der Waals surface area (Å²) < 4.78 is 16.0. The number of benzene rings is 1. The van der Waals surface area contributed by atoms with E-state index in [9.17, 15) is 9.59 Å². The molecular formula is C18H16O5. The molecule has 1 aliphatic heterocycles. The van der Waals surface area contributed by atoms with Crippen molar-refractivity contribution >= 4 is 18.0 Å². The van der Waals surface area contributed by atoms with Gasteiger partial charge in [-0.25, -0.2) is 9.59 Å². The largest absolute Gasteiger partial charge is 0.481 e. The molecule has 1 saturated heterocycles. The number of ether oxygens (including phenoxy) is 3. The lowest BCUT2D eigenvalue weighted by Crippen LogP contribution is -2.44. The Bertz CT molecular complexity index is 665. The van der Waals surface area contributed by atoms with Gasteiger partial charge in [0.25, 0.3) is 5.79 Å². The van der Waals surface area contributed by atoms with Crippen LogP contribution in [0.4, 0.5) is 0 Å². The molecule has 0 N–H and O–H groups in total. The Morgan fingerprint density at radius 2 is 1.74 bits per heavy atom. The molecule has 1 aromatic carbocycles. The molecule has 3 rings (SSSR count). The van der Waals surface area contributed by atoms with E-state index in [2.05, 4.69) is 5.92 Å². The minimum absolute atomic E-state index is 0.0974. The van der Waals surface area contributed by atoms with Crippen LogP contribution in [0.2, 0.25) is 0 Å². The second-order valence-corrected chi connectivity index (χ2v) is 5.52. The van der Waals surface area contributed by atoms with Crippen molar-refractivity contribution < 1.29 is 23.8 Å². The third-order valence-corrected chi connectivity index (χ3v) is 3.88. The molecule has 0 atom stereocenters. The molecule has 1 aromatic rings. The van der Waals surface area contributed by atoms with Crippen molar-refractivity contribution in [3.8, 4) is 18.1 Å². The lowest BCUT2D eigenvalue weighted by molar-refractivity contribution is -0.232. The van der Waals surface area contributed by atoms with Gasteiger partial charge in [0.1, 0.15) is 17.9 Å². The van der Waals surface area contributed by atoms with Crippen LogP contribution in [0.1, 0.15) is 31.2 Å². The Kier molecular flexibility index (Phi) is 4.07. The average molecular weight is 312 g/mol. The highest BCUT2D eigenvalue weighted by Crippen LogP contribution is 2.38. The SMILES string of the molecule is C#CCOc1ccc(C=C2C(=O)OC3(CCCC3)OC2=O)cc1. The van der Waals surface area contributed by atoms with Crippen molar-refractivity contribution in [1.29, 1.82) is 0 Å². The minimum atomic E-state index is -1.04. The molecule has 0 aromatic heterocycles. The zero-order valence-electron chi connectivity index (χ0n) is 12.5. The lowest BCUT2D eigenvalue weighted by Gasteiger charge is -2.32. The maximum Gasteiger partial charge on any atom is 0.348 e. The predicted octanol–water partition coefficient (Wildman–Crippen LogP) is 2.45. The van der Waals surface area contributed by atoms with Crippen molar-refractivity contribution in [2.45, 2.75) is 31.5 Å². The van der Waals surface area contributed by atoms with Gasteiger partial charge in [0.05, 0.1) is 0 Å². The summed E-state index contributed by atoms with van der Waals surface area (Å²) in [5, 5.41) is 0. The van der Waals surface area contributed by atoms with E-state index in [-0.39, 0.29) is 12.2 Å². The summed E-state index contributed by atoms with van der Waals surface area (Å²) in [5.41, 5.74) is 0.573. The van der Waals surface area contributed by atoms with E-state index in [1.807, 2.05) is 0 Å². The maximum absolute atomic E-state index is 12.1. The third kappa shape index (κ3) is 3.21. The molecule has 2 fully saturated rings. The summed E-state index contributed by atoms with van der Waals surface area (Å²) in [6.07, 6.45) is 9.49. The normalized spacial score (nSPS) is 19.0. The van der Waals surface area contributed by atoms with Gasteiger partial charge >= 0.3 is 11.9 Å². The second kappa shape index (κ2) is 6.17. The van der Waals surface area contributed by atoms with Gasteiger partial charge in [0.2, 0.25) is 0 Å². The van der Waals surface area contributed by atoms with Gasteiger partial charge in [0.15, 0.2) is 0 Å². The Labute approximate surface area is 134 Å². The Balaban J connectivity index is 1.76. The van der Waals surface area contributed by atoms with Crippen LogP contribution in [0.3, 0.4) is 0 Å². The quantitative estimate of drug-likeness (QED) is 0.371. The number of terminal acetylenes is 1. The predicted molar refractivity (Wildman–Crippen MR) is 82.1 cm³/mol. The fourth-order valence-electron chi connectivity index (χ4n) is 2.74. The molecule has 0 unspecified atom stereocenters. The molecule has 5 nitrogen and oxygen atoms in total. The maximum atomic E-state index is 12.1. The van der Waals surface area contributed by atoms with Gasteiger partial charge in [-0.1, -0.05) is 18.1 Å². The number of hydrogen-bond acceptors (Lipinski definition) is 5. The van der Waals surface area contributed by atoms with Crippen LogP contribution < -0.4 is 4.74 Å². The first kappa shape index (κ1) is 15.2. The molecule has 1 saturated carbocycles. The Morgan fingerprint density at radius 1 is 1.13 bits per heavy atom. The lowest BCUT2D eigenvalue weighted by atomic mass is 10.1. The highest BCUT2D eigenvalue weighted by atomic mass is 16.7. The standard InChI is InChI=1S/C18H16O5/c1-2-11-21-14-7-5-13(6-8-14)12-15-16(19)22-18(23-17(15)20)9-3-4-10-18/h1,5-8,12H,3-4,9-11H2. The molecule has 0 amide bonds. The van der Waals surface area contributed by atoms with Crippen LogP contribution in [0, 0.1) is 12.3 Å². The summed E-state index contributed by atoms with van der Waals surface area (Å²) in [6, 6.07) is 6.86. The van der Waals surface area contributed by atoms with E-state index in [4.69, 9.17) is 20.6 Å². The van der Waals surface area contributed by atoms with Gasteiger partial charge in [-0.15, -0.1) is 6.42 Å². The Hall–Kier alpha value is -2.74. The first-order chi connectivity index (χ1) is 11.1. The molecular weight excluding hydrogens is 296 g/mol. The molecule has 118 valence electrons. The molecule has 1 spiro atoms. The van der Waals surface area contributed by atoms with Crippen LogP contribution in [0.5, 0.6) is 5.75 Å². The number of rotatable bonds is 3. The highest BCUT2D eigenvalue weighted by molar-refractivity contribution is 6.18. The number of carbonyl (C=O) groups excluding carboxylic acids is 2. The fraction of sp³-hybridized carbons (Fsp3) is 0.333.